The van der Waals surface area contributed by atoms with Crippen LogP contribution < -0.4 is 0 Å². The number of rotatable bonds is 8. The van der Waals surface area contributed by atoms with Gasteiger partial charge in [0.15, 0.2) is 0 Å². The summed E-state index contributed by atoms with van der Waals surface area (Å²) in [5, 5.41) is 7.90. The highest BCUT2D eigenvalue weighted by Gasteiger charge is 2.63. The fourth-order valence-electron chi connectivity index (χ4n) is 10.3. The zero-order chi connectivity index (χ0) is 49.3. The Bertz CT molecular complexity index is 2220. The van der Waals surface area contributed by atoms with Crippen molar-refractivity contribution in [1.82, 2.24) is 0 Å². The van der Waals surface area contributed by atoms with Crippen molar-refractivity contribution in [1.29, 1.82) is 0 Å². The summed E-state index contributed by atoms with van der Waals surface area (Å²) in [5.74, 6) is -2.35. The van der Waals surface area contributed by atoms with Gasteiger partial charge >= 0.3 is 29.8 Å². The van der Waals surface area contributed by atoms with E-state index >= 15 is 0 Å². The van der Waals surface area contributed by atoms with Gasteiger partial charge in [0.2, 0.25) is 10.5 Å². The van der Waals surface area contributed by atoms with Gasteiger partial charge in [0.25, 0.3) is 0 Å². The van der Waals surface area contributed by atoms with E-state index in [1.165, 1.54) is 0 Å². The largest absolute Gasteiger partial charge is 0.461 e. The van der Waals surface area contributed by atoms with Crippen LogP contribution in [0.25, 0.3) is 0 Å². The lowest BCUT2D eigenvalue weighted by atomic mass is 9.84. The van der Waals surface area contributed by atoms with Crippen LogP contribution in [0.2, 0.25) is 0 Å². The second-order valence-corrected chi connectivity index (χ2v) is 20.4. The van der Waals surface area contributed by atoms with Crippen LogP contribution in [-0.2, 0) is 71.5 Å². The number of carbonyl (C=O) groups is 7. The third kappa shape index (κ3) is 11.9. The molecular formula is C50H60Cl2O16. The number of halogens is 2. The van der Waals surface area contributed by atoms with Crippen LogP contribution in [0.1, 0.15) is 111 Å². The lowest BCUT2D eigenvalue weighted by Gasteiger charge is -2.20. The van der Waals surface area contributed by atoms with Crippen molar-refractivity contribution in [2.24, 2.45) is 17.8 Å². The van der Waals surface area contributed by atoms with Crippen molar-refractivity contribution in [2.75, 3.05) is 13.2 Å². The highest BCUT2D eigenvalue weighted by atomic mass is 35.5. The third-order valence-corrected chi connectivity index (χ3v) is 14.9. The van der Waals surface area contributed by atoms with Crippen LogP contribution in [-0.4, -0.2) is 112 Å². The van der Waals surface area contributed by atoms with Crippen LogP contribution in [0.15, 0.2) is 71.6 Å². The molecule has 0 aromatic carbocycles. The van der Waals surface area contributed by atoms with E-state index in [1.807, 2.05) is 19.9 Å². The van der Waals surface area contributed by atoms with Gasteiger partial charge in [-0.3, -0.25) is 19.2 Å². The molecule has 6 heterocycles. The number of fused-ring (bicyclic) bond motifs is 9. The van der Waals surface area contributed by atoms with Crippen molar-refractivity contribution in [3.63, 3.8) is 0 Å². The van der Waals surface area contributed by atoms with E-state index in [0.29, 0.717) is 61.0 Å². The van der Waals surface area contributed by atoms with Gasteiger partial charge in [0.1, 0.15) is 55.4 Å². The number of ether oxygens (including phenoxy) is 8. The molecular weight excluding hydrogens is 927 g/mol. The summed E-state index contributed by atoms with van der Waals surface area (Å²) in [7, 11) is 0. The van der Waals surface area contributed by atoms with Gasteiger partial charge in [-0.1, -0.05) is 31.9 Å². The number of esters is 5. The maximum atomic E-state index is 12.7. The van der Waals surface area contributed by atoms with Crippen LogP contribution >= 0.6 is 23.2 Å². The van der Waals surface area contributed by atoms with Gasteiger partial charge in [0.05, 0.1) is 29.8 Å². The smallest absolute Gasteiger partial charge is 0.334 e. The highest BCUT2D eigenvalue weighted by molar-refractivity contribution is 6.72. The first-order chi connectivity index (χ1) is 32.1. The zero-order valence-corrected chi connectivity index (χ0v) is 40.2. The number of epoxide rings is 3. The summed E-state index contributed by atoms with van der Waals surface area (Å²) in [5.41, 5.74) is 2.43. The topological polar surface area (TPSA) is 223 Å². The van der Waals surface area contributed by atoms with E-state index in [1.54, 1.807) is 0 Å². The maximum absolute atomic E-state index is 12.7. The predicted octanol–water partition coefficient (Wildman–Crippen LogP) is 6.57. The first-order valence-corrected chi connectivity index (χ1v) is 24.0. The third-order valence-electron chi connectivity index (χ3n) is 14.6. The number of aliphatic hydroxyl groups is 1. The second-order valence-electron chi connectivity index (χ2n) is 19.5. The highest BCUT2D eigenvalue weighted by Crippen LogP contribution is 2.52. The van der Waals surface area contributed by atoms with Crippen molar-refractivity contribution in [3.05, 3.63) is 71.6 Å². The molecule has 12 atom stereocenters. The molecule has 6 aliphatic heterocycles. The molecule has 370 valence electrons. The average Bonchev–Trinajstić information content (AvgIpc) is 4.19. The fraction of sp³-hybridized carbons (Fsp3) is 0.620. The SMILES string of the molecule is C=C1C(=O)O[C@H]2[C@H]1CC/C(CO)=C\CC[C@@]1(C)O[C@@H]21.C=C1C(=O)O[C@H]2[C@H]1CC/C(COC(=O)CC(=O)O/C1=C/CC[C@@]3(C)O[C@H]3[C@H]3OC(=O)C(=C)[C@@H]3CC1)=C\CC[C@@]1(C)O[C@@H]21.O=C(Cl)CC(=O)Cl. The molecule has 0 radical (unpaired) electrons. The Kier molecular flexibility index (Phi) is 15.8. The van der Waals surface area contributed by atoms with E-state index in [2.05, 4.69) is 38.8 Å². The van der Waals surface area contributed by atoms with Crippen molar-refractivity contribution >= 4 is 63.5 Å². The lowest BCUT2D eigenvalue weighted by Crippen LogP contribution is -2.29. The van der Waals surface area contributed by atoms with Gasteiger partial charge in [-0.15, -0.1) is 0 Å². The molecule has 0 amide bonds. The van der Waals surface area contributed by atoms with Crippen LogP contribution in [0.3, 0.4) is 0 Å². The normalized spacial score (nSPS) is 39.1. The van der Waals surface area contributed by atoms with Crippen molar-refractivity contribution < 1.29 is 76.6 Å². The van der Waals surface area contributed by atoms with Gasteiger partial charge in [-0.05, 0) is 132 Å². The van der Waals surface area contributed by atoms with Gasteiger partial charge < -0.3 is 43.0 Å². The molecule has 18 heteroatoms. The number of aliphatic hydroxyl groups excluding tert-OH is 1. The average molecular weight is 988 g/mol. The Morgan fingerprint density at radius 3 is 1.43 bits per heavy atom. The molecule has 16 nitrogen and oxygen atoms in total. The molecule has 1 N–H and O–H groups in total. The molecule has 0 aromatic rings. The summed E-state index contributed by atoms with van der Waals surface area (Å²) in [4.78, 5) is 80.8. The van der Waals surface area contributed by atoms with Gasteiger partial charge in [-0.25, -0.2) is 14.4 Å². The summed E-state index contributed by atoms with van der Waals surface area (Å²) < 4.78 is 45.3. The van der Waals surface area contributed by atoms with E-state index in [-0.39, 0.29) is 97.2 Å². The molecule has 9 aliphatic rings. The Hall–Kier alpha value is -4.45. The number of hydrogen-bond donors (Lipinski definition) is 1. The second kappa shape index (κ2) is 20.9. The first kappa shape index (κ1) is 51.4. The molecule has 0 aromatic heterocycles. The van der Waals surface area contributed by atoms with Crippen molar-refractivity contribution in [2.45, 2.75) is 164 Å². The summed E-state index contributed by atoms with van der Waals surface area (Å²) in [6, 6.07) is 0. The Morgan fingerprint density at radius 1 is 0.618 bits per heavy atom. The molecule has 3 aliphatic carbocycles. The molecule has 9 rings (SSSR count). The van der Waals surface area contributed by atoms with E-state index in [4.69, 9.17) is 61.1 Å². The summed E-state index contributed by atoms with van der Waals surface area (Å²) in [6.07, 6.45) is 12.2. The first-order valence-electron chi connectivity index (χ1n) is 23.3. The Balaban J connectivity index is 0.000000216. The monoisotopic (exact) mass is 986 g/mol. The number of allylic oxidation sites excluding steroid dienone is 4. The number of carbonyl (C=O) groups excluding carboxylic acids is 7. The molecule has 0 bridgehead atoms. The Morgan fingerprint density at radius 2 is 1.01 bits per heavy atom. The van der Waals surface area contributed by atoms with E-state index in [9.17, 15) is 38.7 Å². The molecule has 0 saturated carbocycles. The number of hydrogen-bond acceptors (Lipinski definition) is 16. The molecule has 6 fully saturated rings. The van der Waals surface area contributed by atoms with Gasteiger partial charge in [-0.2, -0.15) is 0 Å². The molecule has 0 spiro atoms. The fourth-order valence-corrected chi connectivity index (χ4v) is 10.6. The predicted molar refractivity (Wildman–Crippen MR) is 242 cm³/mol. The minimum absolute atomic E-state index is 0.00442. The minimum Gasteiger partial charge on any atom is -0.461 e. The zero-order valence-electron chi connectivity index (χ0n) is 38.7. The van der Waals surface area contributed by atoms with Crippen LogP contribution in [0.4, 0.5) is 0 Å². The van der Waals surface area contributed by atoms with E-state index in [0.717, 1.165) is 49.7 Å². The standard InChI is InChI=1S/C32H38O10.C15H20O4.C3H2Cl2O2/c1-17-21-11-9-19(7-5-13-31(3)27(41-31)25(21)39-29(17)35)16-37-23(33)15-24(34)38-20-8-6-14-32(4)28(42-32)26-22(12-10-20)18(2)30(36)40-26;1-9-11-6-5-10(8-16)4-3-7-15(2)13(19-15)12(11)18-14(9)17;4-2(6)1-3(5)7/h7-8,21-22,25-28H,1-2,5-6,9-16H2,3-4H3;4,11-13,16H,1,3,5-8H2,2H3;1H2/b19-7+,20-8+;10-4+;/t21-,22-,25-,26-,27-,28-,31+,32+;11-,12-,13-,15+;/m00./s1. The van der Waals surface area contributed by atoms with E-state index < -0.39 is 40.4 Å². The minimum atomic E-state index is -0.722. The van der Waals surface area contributed by atoms with Crippen LogP contribution in [0, 0.1) is 17.8 Å². The van der Waals surface area contributed by atoms with Gasteiger partial charge in [0, 0.05) is 40.9 Å². The Labute approximate surface area is 405 Å². The summed E-state index contributed by atoms with van der Waals surface area (Å²) in [6.45, 7) is 17.9. The maximum Gasteiger partial charge on any atom is 0.334 e. The molecule has 0 unspecified atom stereocenters. The van der Waals surface area contributed by atoms with Crippen molar-refractivity contribution in [3.8, 4) is 0 Å². The van der Waals surface area contributed by atoms with Crippen LogP contribution in [0.5, 0.6) is 0 Å². The summed E-state index contributed by atoms with van der Waals surface area (Å²) >= 11 is 9.46. The lowest BCUT2D eigenvalue weighted by molar-refractivity contribution is -0.152. The molecule has 6 saturated heterocycles. The molecule has 68 heavy (non-hydrogen) atoms. The quantitative estimate of drug-likeness (QED) is 0.0516.